The van der Waals surface area contributed by atoms with Gasteiger partial charge in [-0.1, -0.05) is 23.7 Å². The van der Waals surface area contributed by atoms with Crippen molar-refractivity contribution in [2.24, 2.45) is 7.05 Å². The van der Waals surface area contributed by atoms with Crippen molar-refractivity contribution in [1.29, 1.82) is 0 Å². The highest BCUT2D eigenvalue weighted by Crippen LogP contribution is 2.20. The number of para-hydroxylation sites is 1. The first-order chi connectivity index (χ1) is 13.3. The van der Waals surface area contributed by atoms with Crippen LogP contribution in [0.15, 0.2) is 40.0 Å². The van der Waals surface area contributed by atoms with Crippen molar-refractivity contribution in [3.8, 4) is 0 Å². The Morgan fingerprint density at radius 3 is 2.75 bits per heavy atom. The average Bonchev–Trinajstić information content (AvgIpc) is 2.93. The normalized spacial score (nSPS) is 10.9. The number of aryl methyl sites for hydroxylation is 1. The number of carbonyl (C=O) groups is 2. The second-order valence-corrected chi connectivity index (χ2v) is 7.23. The van der Waals surface area contributed by atoms with Crippen LogP contribution in [0.1, 0.15) is 0 Å². The number of halogens is 2. The van der Waals surface area contributed by atoms with Crippen LogP contribution in [-0.4, -0.2) is 49.6 Å². The lowest BCUT2D eigenvalue weighted by atomic mass is 10.3. The number of hydrogen-bond acceptors (Lipinski definition) is 5. The quantitative estimate of drug-likeness (QED) is 0.615. The van der Waals surface area contributed by atoms with Gasteiger partial charge in [-0.05, 0) is 28.1 Å². The average molecular weight is 468 g/mol. The molecule has 3 rings (SSSR count). The molecule has 1 aromatic carbocycles. The Balaban J connectivity index is 1.69. The summed E-state index contributed by atoms with van der Waals surface area (Å²) < 4.78 is 3.01. The maximum atomic E-state index is 12.6. The van der Waals surface area contributed by atoms with Gasteiger partial charge in [0.25, 0.3) is 5.56 Å². The number of fused-ring (bicyclic) bond motifs is 1. The van der Waals surface area contributed by atoms with Crippen LogP contribution >= 0.6 is 27.5 Å². The standard InChI is InChI=1S/C17H16BrClN6O3/c1-23(7-12(26)21-11-6-4-3-5-10(11)19)13(27)8-25-9-20-16-14(17(25)28)15(18)22-24(16)2/h3-6,9H,7-8H2,1-2H3,(H,21,26). The molecule has 3 aromatic rings. The third-order valence-corrected chi connectivity index (χ3v) is 4.91. The number of nitrogens with one attached hydrogen (secondary N) is 1. The van der Waals surface area contributed by atoms with Crippen LogP contribution in [0.4, 0.5) is 5.69 Å². The van der Waals surface area contributed by atoms with Crippen LogP contribution in [0.2, 0.25) is 5.02 Å². The molecule has 146 valence electrons. The highest BCUT2D eigenvalue weighted by Gasteiger charge is 2.18. The number of nitrogens with zero attached hydrogens (tertiary/aromatic N) is 5. The van der Waals surface area contributed by atoms with Crippen molar-refractivity contribution >= 4 is 56.1 Å². The van der Waals surface area contributed by atoms with E-state index < -0.39 is 17.4 Å². The summed E-state index contributed by atoms with van der Waals surface area (Å²) in [6.45, 7) is -0.440. The molecule has 1 N–H and O–H groups in total. The lowest BCUT2D eigenvalue weighted by Gasteiger charge is -2.17. The van der Waals surface area contributed by atoms with Gasteiger partial charge in [-0.15, -0.1) is 0 Å². The lowest BCUT2D eigenvalue weighted by molar-refractivity contribution is -0.133. The third-order valence-electron chi connectivity index (χ3n) is 4.03. The van der Waals surface area contributed by atoms with Gasteiger partial charge in [0.1, 0.15) is 22.9 Å². The van der Waals surface area contributed by atoms with E-state index in [9.17, 15) is 14.4 Å². The molecule has 2 heterocycles. The van der Waals surface area contributed by atoms with Crippen molar-refractivity contribution in [3.05, 3.63) is 50.6 Å². The van der Waals surface area contributed by atoms with Gasteiger partial charge in [0, 0.05) is 14.1 Å². The number of hydrogen-bond donors (Lipinski definition) is 1. The number of carbonyl (C=O) groups excluding carboxylic acids is 2. The lowest BCUT2D eigenvalue weighted by Crippen LogP contribution is -2.38. The monoisotopic (exact) mass is 466 g/mol. The molecule has 2 aromatic heterocycles. The fourth-order valence-corrected chi connectivity index (χ4v) is 3.34. The van der Waals surface area contributed by atoms with E-state index in [4.69, 9.17) is 11.6 Å². The van der Waals surface area contributed by atoms with Crippen LogP contribution < -0.4 is 10.9 Å². The van der Waals surface area contributed by atoms with E-state index in [1.165, 1.54) is 27.5 Å². The molecule has 0 radical (unpaired) electrons. The Morgan fingerprint density at radius 2 is 2.04 bits per heavy atom. The first kappa shape index (κ1) is 20.0. The molecule has 0 aliphatic rings. The number of amides is 2. The SMILES string of the molecule is CN(CC(=O)Nc1ccccc1Cl)C(=O)Cn1cnc2c(c(Br)nn2C)c1=O. The van der Waals surface area contributed by atoms with Crippen LogP contribution in [0.5, 0.6) is 0 Å². The molecule has 0 unspecified atom stereocenters. The Bertz CT molecular complexity index is 1130. The van der Waals surface area contributed by atoms with Gasteiger partial charge >= 0.3 is 0 Å². The molecule has 9 nitrogen and oxygen atoms in total. The zero-order chi connectivity index (χ0) is 20.4. The predicted octanol–water partition coefficient (Wildman–Crippen LogP) is 1.64. The third kappa shape index (κ3) is 4.07. The second-order valence-electron chi connectivity index (χ2n) is 6.07. The minimum Gasteiger partial charge on any atom is -0.335 e. The van der Waals surface area contributed by atoms with E-state index in [1.54, 1.807) is 31.3 Å². The summed E-state index contributed by atoms with van der Waals surface area (Å²) in [6, 6.07) is 6.80. The van der Waals surface area contributed by atoms with Gasteiger partial charge in [-0.25, -0.2) is 9.67 Å². The highest BCUT2D eigenvalue weighted by molar-refractivity contribution is 9.10. The van der Waals surface area contributed by atoms with Crippen molar-refractivity contribution in [3.63, 3.8) is 0 Å². The Hall–Kier alpha value is -2.72. The van der Waals surface area contributed by atoms with Gasteiger partial charge in [0.15, 0.2) is 5.65 Å². The molecule has 2 amide bonds. The number of rotatable bonds is 5. The van der Waals surface area contributed by atoms with Crippen LogP contribution in [0, 0.1) is 0 Å². The van der Waals surface area contributed by atoms with Gasteiger partial charge in [-0.3, -0.25) is 19.0 Å². The Morgan fingerprint density at radius 1 is 1.32 bits per heavy atom. The molecule has 0 spiro atoms. The smallest absolute Gasteiger partial charge is 0.266 e. The Labute approximate surface area is 173 Å². The molecule has 0 saturated heterocycles. The van der Waals surface area contributed by atoms with Crippen LogP contribution in [0.3, 0.4) is 0 Å². The van der Waals surface area contributed by atoms with Gasteiger partial charge in [0.05, 0.1) is 17.3 Å². The van der Waals surface area contributed by atoms with E-state index >= 15 is 0 Å². The summed E-state index contributed by atoms with van der Waals surface area (Å²) in [5.41, 5.74) is 0.475. The molecule has 0 bridgehead atoms. The maximum Gasteiger partial charge on any atom is 0.266 e. The molecule has 0 saturated carbocycles. The molecule has 0 aliphatic carbocycles. The largest absolute Gasteiger partial charge is 0.335 e. The minimum atomic E-state index is -0.419. The zero-order valence-electron chi connectivity index (χ0n) is 15.0. The van der Waals surface area contributed by atoms with E-state index in [0.29, 0.717) is 21.0 Å². The molecule has 11 heteroatoms. The van der Waals surface area contributed by atoms with Crippen molar-refractivity contribution in [2.75, 3.05) is 18.9 Å². The highest BCUT2D eigenvalue weighted by atomic mass is 79.9. The zero-order valence-corrected chi connectivity index (χ0v) is 17.4. The number of anilines is 1. The molecule has 0 aliphatic heterocycles. The molecule has 0 atom stereocenters. The van der Waals surface area contributed by atoms with Crippen LogP contribution in [-0.2, 0) is 23.2 Å². The maximum absolute atomic E-state index is 12.6. The number of likely N-dealkylation sites (N-methyl/N-ethyl adjacent to an activating group) is 1. The molecular formula is C17H16BrClN6O3. The first-order valence-electron chi connectivity index (χ1n) is 8.14. The van der Waals surface area contributed by atoms with E-state index in [2.05, 4.69) is 31.3 Å². The Kier molecular flexibility index (Phi) is 5.80. The topological polar surface area (TPSA) is 102 Å². The summed E-state index contributed by atoms with van der Waals surface area (Å²) in [5, 5.41) is 7.42. The summed E-state index contributed by atoms with van der Waals surface area (Å²) in [5.74, 6) is -0.822. The van der Waals surface area contributed by atoms with Crippen LogP contribution in [0.25, 0.3) is 11.0 Å². The van der Waals surface area contributed by atoms with E-state index in [1.807, 2.05) is 0 Å². The first-order valence-corrected chi connectivity index (χ1v) is 9.31. The summed E-state index contributed by atoms with van der Waals surface area (Å²) in [7, 11) is 3.14. The van der Waals surface area contributed by atoms with Gasteiger partial charge in [0.2, 0.25) is 11.8 Å². The summed E-state index contributed by atoms with van der Waals surface area (Å²) in [6.07, 6.45) is 1.29. The molecule has 0 fully saturated rings. The minimum absolute atomic E-state index is 0.189. The van der Waals surface area contributed by atoms with Crippen molar-refractivity contribution < 1.29 is 9.59 Å². The van der Waals surface area contributed by atoms with E-state index in [-0.39, 0.29) is 18.5 Å². The predicted molar refractivity (Wildman–Crippen MR) is 108 cm³/mol. The summed E-state index contributed by atoms with van der Waals surface area (Å²) >= 11 is 9.23. The second kappa shape index (κ2) is 8.11. The number of benzene rings is 1. The summed E-state index contributed by atoms with van der Waals surface area (Å²) in [4.78, 5) is 42.6. The van der Waals surface area contributed by atoms with E-state index in [0.717, 1.165) is 0 Å². The van der Waals surface area contributed by atoms with Crippen molar-refractivity contribution in [2.45, 2.75) is 6.54 Å². The fourth-order valence-electron chi connectivity index (χ4n) is 2.57. The van der Waals surface area contributed by atoms with Crippen molar-refractivity contribution in [1.82, 2.24) is 24.2 Å². The molecule has 28 heavy (non-hydrogen) atoms. The number of aromatic nitrogens is 4. The van der Waals surface area contributed by atoms with Gasteiger partial charge in [-0.2, -0.15) is 5.10 Å². The molecular weight excluding hydrogens is 452 g/mol. The fraction of sp³-hybridized carbons (Fsp3) is 0.235. The van der Waals surface area contributed by atoms with Gasteiger partial charge < -0.3 is 10.2 Å².